The number of hydrogen-bond acceptors (Lipinski definition) is 3. The molecule has 0 unspecified atom stereocenters. The average molecular weight is 316 g/mol. The summed E-state index contributed by atoms with van der Waals surface area (Å²) in [6.45, 7) is 6.37. The van der Waals surface area contributed by atoms with Crippen molar-refractivity contribution in [1.82, 2.24) is 0 Å². The lowest BCUT2D eigenvalue weighted by Gasteiger charge is -2.18. The van der Waals surface area contributed by atoms with E-state index in [0.717, 1.165) is 11.1 Å². The Bertz CT molecular complexity index is 668. The standard InChI is InChI=1S/C18H18ClNO2/c1-18(2,3)15-8-6-14(7-9-15)17(21)22-20-12-13-4-10-16(19)11-5-13/h4-12H,1-3H3/b20-12+. The van der Waals surface area contributed by atoms with Crippen LogP contribution in [0.1, 0.15) is 42.3 Å². The minimum Gasteiger partial charge on any atom is -0.313 e. The van der Waals surface area contributed by atoms with Gasteiger partial charge in [0.2, 0.25) is 0 Å². The second-order valence-electron chi connectivity index (χ2n) is 5.99. The van der Waals surface area contributed by atoms with Gasteiger partial charge >= 0.3 is 5.97 Å². The summed E-state index contributed by atoms with van der Waals surface area (Å²) >= 11 is 5.79. The fourth-order valence-corrected chi connectivity index (χ4v) is 1.97. The molecule has 0 fully saturated rings. The highest BCUT2D eigenvalue weighted by Gasteiger charge is 2.14. The molecule has 4 heteroatoms. The van der Waals surface area contributed by atoms with Crippen LogP contribution in [0.25, 0.3) is 0 Å². The first kappa shape index (κ1) is 16.2. The third kappa shape index (κ3) is 4.43. The van der Waals surface area contributed by atoms with Gasteiger partial charge in [-0.15, -0.1) is 0 Å². The molecule has 0 atom stereocenters. The Morgan fingerprint density at radius 2 is 1.64 bits per heavy atom. The summed E-state index contributed by atoms with van der Waals surface area (Å²) < 4.78 is 0. The van der Waals surface area contributed by atoms with Crippen molar-refractivity contribution in [3.8, 4) is 0 Å². The Labute approximate surface area is 135 Å². The summed E-state index contributed by atoms with van der Waals surface area (Å²) in [5.41, 5.74) is 2.49. The van der Waals surface area contributed by atoms with Gasteiger partial charge in [0, 0.05) is 5.02 Å². The summed E-state index contributed by atoms with van der Waals surface area (Å²) in [5, 5.41) is 4.35. The molecule has 2 aromatic carbocycles. The molecule has 0 N–H and O–H groups in total. The van der Waals surface area contributed by atoms with E-state index >= 15 is 0 Å². The van der Waals surface area contributed by atoms with Gasteiger partial charge in [-0.25, -0.2) is 4.79 Å². The Kier molecular flexibility index (Phi) is 4.99. The number of oxime groups is 1. The number of nitrogens with zero attached hydrogens (tertiary/aromatic N) is 1. The van der Waals surface area contributed by atoms with Gasteiger partial charge in [0.1, 0.15) is 0 Å². The van der Waals surface area contributed by atoms with E-state index in [0.29, 0.717) is 10.6 Å². The molecule has 0 bridgehead atoms. The van der Waals surface area contributed by atoms with Gasteiger partial charge in [-0.2, -0.15) is 0 Å². The largest absolute Gasteiger partial charge is 0.365 e. The molecule has 114 valence electrons. The van der Waals surface area contributed by atoms with Crippen molar-refractivity contribution in [2.24, 2.45) is 5.16 Å². The van der Waals surface area contributed by atoms with Crippen LogP contribution in [0.5, 0.6) is 0 Å². The molecule has 0 saturated carbocycles. The predicted octanol–water partition coefficient (Wildman–Crippen LogP) is 4.83. The van der Waals surface area contributed by atoms with E-state index in [-0.39, 0.29) is 5.41 Å². The van der Waals surface area contributed by atoms with Crippen molar-refractivity contribution in [3.05, 3.63) is 70.2 Å². The second-order valence-corrected chi connectivity index (χ2v) is 6.43. The van der Waals surface area contributed by atoms with Gasteiger partial charge < -0.3 is 4.84 Å². The summed E-state index contributed by atoms with van der Waals surface area (Å²) in [6, 6.07) is 14.4. The Morgan fingerprint density at radius 1 is 1.05 bits per heavy atom. The van der Waals surface area contributed by atoms with Gasteiger partial charge in [0.25, 0.3) is 0 Å². The van der Waals surface area contributed by atoms with Crippen molar-refractivity contribution in [3.63, 3.8) is 0 Å². The maximum Gasteiger partial charge on any atom is 0.365 e. The zero-order valence-corrected chi connectivity index (χ0v) is 13.6. The van der Waals surface area contributed by atoms with E-state index in [2.05, 4.69) is 25.9 Å². The maximum absolute atomic E-state index is 11.9. The van der Waals surface area contributed by atoms with Gasteiger partial charge in [-0.05, 0) is 40.8 Å². The van der Waals surface area contributed by atoms with Crippen molar-refractivity contribution in [1.29, 1.82) is 0 Å². The molecule has 0 aliphatic heterocycles. The molecule has 0 aliphatic rings. The van der Waals surface area contributed by atoms with Crippen LogP contribution in [-0.4, -0.2) is 12.2 Å². The van der Waals surface area contributed by atoms with Crippen LogP contribution in [0.15, 0.2) is 53.7 Å². The lowest BCUT2D eigenvalue weighted by Crippen LogP contribution is -2.11. The quantitative estimate of drug-likeness (QED) is 0.462. The van der Waals surface area contributed by atoms with Gasteiger partial charge in [0.15, 0.2) is 0 Å². The van der Waals surface area contributed by atoms with E-state index in [9.17, 15) is 4.79 Å². The third-order valence-corrected chi connectivity index (χ3v) is 3.45. The highest BCUT2D eigenvalue weighted by atomic mass is 35.5. The van der Waals surface area contributed by atoms with Crippen molar-refractivity contribution >= 4 is 23.8 Å². The summed E-state index contributed by atoms with van der Waals surface area (Å²) in [4.78, 5) is 16.8. The van der Waals surface area contributed by atoms with Crippen molar-refractivity contribution in [2.45, 2.75) is 26.2 Å². The van der Waals surface area contributed by atoms with Gasteiger partial charge in [-0.3, -0.25) is 0 Å². The molecule has 0 amide bonds. The fraction of sp³-hybridized carbons (Fsp3) is 0.222. The molecule has 3 nitrogen and oxygen atoms in total. The predicted molar refractivity (Wildman–Crippen MR) is 89.6 cm³/mol. The van der Waals surface area contributed by atoms with E-state index in [1.54, 1.807) is 36.4 Å². The van der Waals surface area contributed by atoms with E-state index in [1.807, 2.05) is 12.1 Å². The molecule has 0 spiro atoms. The summed E-state index contributed by atoms with van der Waals surface area (Å²) in [7, 11) is 0. The first-order chi connectivity index (χ1) is 10.4. The molecule has 0 aromatic heterocycles. The molecule has 0 radical (unpaired) electrons. The first-order valence-corrected chi connectivity index (χ1v) is 7.35. The summed E-state index contributed by atoms with van der Waals surface area (Å²) in [6.07, 6.45) is 1.47. The Hall–Kier alpha value is -2.13. The van der Waals surface area contributed by atoms with E-state index in [4.69, 9.17) is 16.4 Å². The zero-order valence-electron chi connectivity index (χ0n) is 12.8. The van der Waals surface area contributed by atoms with E-state index < -0.39 is 5.97 Å². The number of hydrogen-bond donors (Lipinski definition) is 0. The number of halogens is 1. The lowest BCUT2D eigenvalue weighted by molar-refractivity contribution is 0.0519. The molecule has 2 rings (SSSR count). The second kappa shape index (κ2) is 6.75. The maximum atomic E-state index is 11.9. The topological polar surface area (TPSA) is 38.7 Å². The zero-order chi connectivity index (χ0) is 16.2. The number of carbonyl (C=O) groups is 1. The molecular weight excluding hydrogens is 298 g/mol. The SMILES string of the molecule is CC(C)(C)c1ccc(C(=O)O/N=C/c2ccc(Cl)cc2)cc1. The van der Waals surface area contributed by atoms with Crippen LogP contribution in [0.4, 0.5) is 0 Å². The fourth-order valence-electron chi connectivity index (χ4n) is 1.84. The average Bonchev–Trinajstić information content (AvgIpc) is 2.48. The summed E-state index contributed by atoms with van der Waals surface area (Å²) in [5.74, 6) is -0.481. The van der Waals surface area contributed by atoms with Gasteiger partial charge in [0.05, 0.1) is 11.8 Å². The highest BCUT2D eigenvalue weighted by Crippen LogP contribution is 2.22. The molecule has 0 saturated heterocycles. The molecule has 0 heterocycles. The molecule has 0 aliphatic carbocycles. The molecule has 2 aromatic rings. The first-order valence-electron chi connectivity index (χ1n) is 6.97. The van der Waals surface area contributed by atoms with Crippen molar-refractivity contribution in [2.75, 3.05) is 0 Å². The van der Waals surface area contributed by atoms with Crippen LogP contribution in [0, 0.1) is 0 Å². The van der Waals surface area contributed by atoms with Crippen LogP contribution in [0.2, 0.25) is 5.02 Å². The van der Waals surface area contributed by atoms with E-state index in [1.165, 1.54) is 6.21 Å². The lowest BCUT2D eigenvalue weighted by atomic mass is 9.87. The monoisotopic (exact) mass is 315 g/mol. The van der Waals surface area contributed by atoms with Crippen LogP contribution in [0.3, 0.4) is 0 Å². The highest BCUT2D eigenvalue weighted by molar-refractivity contribution is 6.30. The normalized spacial score (nSPS) is 11.6. The number of benzene rings is 2. The van der Waals surface area contributed by atoms with Crippen molar-refractivity contribution < 1.29 is 9.63 Å². The van der Waals surface area contributed by atoms with Crippen LogP contribution in [-0.2, 0) is 10.3 Å². The minimum absolute atomic E-state index is 0.0508. The minimum atomic E-state index is -0.481. The smallest absolute Gasteiger partial charge is 0.313 e. The Balaban J connectivity index is 1.99. The number of carbonyl (C=O) groups excluding carboxylic acids is 1. The van der Waals surface area contributed by atoms with Crippen LogP contribution >= 0.6 is 11.6 Å². The molecular formula is C18H18ClNO2. The number of rotatable bonds is 3. The third-order valence-electron chi connectivity index (χ3n) is 3.19. The van der Waals surface area contributed by atoms with Crippen LogP contribution < -0.4 is 0 Å². The van der Waals surface area contributed by atoms with Gasteiger partial charge in [-0.1, -0.05) is 61.8 Å². The Morgan fingerprint density at radius 3 is 2.18 bits per heavy atom. The molecule has 22 heavy (non-hydrogen) atoms.